The molecule has 0 spiro atoms. The predicted molar refractivity (Wildman–Crippen MR) is 207 cm³/mol. The molecule has 0 fully saturated rings. The number of carbonyl (C=O) groups excluding carboxylic acids is 5. The first kappa shape index (κ1) is 42.1. The molecule has 3 amide bonds. The number of anilines is 1. The minimum absolute atomic E-state index is 0. The highest BCUT2D eigenvalue weighted by atomic mass is 16.7. The number of nitro groups is 1. The molecular weight excluding hydrogens is 722 g/mol. The van der Waals surface area contributed by atoms with Crippen molar-refractivity contribution in [2.24, 2.45) is 23.5 Å². The first-order valence-electron chi connectivity index (χ1n) is 17.8. The zero-order valence-electron chi connectivity index (χ0n) is 31.1. The number of nitrogens with two attached hydrogens (primary N) is 1. The highest BCUT2D eigenvalue weighted by Crippen LogP contribution is 2.44. The smallest absolute Gasteiger partial charge is 0.464 e. The fraction of sp³-hybridized carbons (Fsp3) is 0.293. The monoisotopic (exact) mass is 767 g/mol. The maximum Gasteiger partial charge on any atom is 0.514 e. The van der Waals surface area contributed by atoms with Crippen molar-refractivity contribution in [3.63, 3.8) is 0 Å². The molecule has 0 saturated carbocycles. The third-order valence-corrected chi connectivity index (χ3v) is 9.30. The molecule has 15 nitrogen and oxygen atoms in total. The normalized spacial score (nSPS) is 12.6. The molecule has 15 heteroatoms. The third kappa shape index (κ3) is 11.0. The largest absolute Gasteiger partial charge is 0.514 e. The van der Waals surface area contributed by atoms with E-state index in [1.807, 2.05) is 48.5 Å². The number of rotatable bonds is 17. The number of urea groups is 1. The number of amides is 3. The lowest BCUT2D eigenvalue weighted by Crippen LogP contribution is -2.35. The summed E-state index contributed by atoms with van der Waals surface area (Å²) < 4.78 is 16.0. The van der Waals surface area contributed by atoms with Crippen LogP contribution in [0, 0.1) is 27.9 Å². The van der Waals surface area contributed by atoms with E-state index in [2.05, 4.69) is 10.6 Å². The van der Waals surface area contributed by atoms with Gasteiger partial charge in [-0.2, -0.15) is 0 Å². The van der Waals surface area contributed by atoms with Gasteiger partial charge in [0.2, 0.25) is 5.91 Å². The Morgan fingerprint density at radius 2 is 1.45 bits per heavy atom. The molecule has 7 N–H and O–H groups in total. The Hall–Kier alpha value is -6.61. The average molecular weight is 768 g/mol. The van der Waals surface area contributed by atoms with Crippen molar-refractivity contribution in [3.8, 4) is 16.9 Å². The van der Waals surface area contributed by atoms with E-state index >= 15 is 0 Å². The Kier molecular flexibility index (Phi) is 14.8. The van der Waals surface area contributed by atoms with Crippen LogP contribution in [0.1, 0.15) is 55.7 Å². The van der Waals surface area contributed by atoms with Gasteiger partial charge in [-0.25, -0.2) is 9.59 Å². The summed E-state index contributed by atoms with van der Waals surface area (Å²) in [6.07, 6.45) is -0.686. The molecule has 0 radical (unpaired) electrons. The summed E-state index contributed by atoms with van der Waals surface area (Å²) in [5.41, 5.74) is 10.3. The fourth-order valence-electron chi connectivity index (χ4n) is 6.56. The SMILES string of the molecule is CC(C)[C@@H](C(=O)C[C@@H](CCCNC(N)=O)C(=O)Nc1ccc(COC(=O)Oc2ccc([N+](=O)[O-])cc2)cc1)C(=O)OCC1c2ccccc2-c2ccccc21.N. The summed E-state index contributed by atoms with van der Waals surface area (Å²) in [6, 6.07) is 26.6. The van der Waals surface area contributed by atoms with Gasteiger partial charge in [-0.1, -0.05) is 74.5 Å². The van der Waals surface area contributed by atoms with Gasteiger partial charge in [-0.05, 0) is 70.8 Å². The van der Waals surface area contributed by atoms with Gasteiger partial charge in [0.05, 0.1) is 4.92 Å². The second kappa shape index (κ2) is 19.6. The molecule has 0 bridgehead atoms. The van der Waals surface area contributed by atoms with Gasteiger partial charge in [-0.15, -0.1) is 0 Å². The minimum Gasteiger partial charge on any atom is -0.464 e. The summed E-state index contributed by atoms with van der Waals surface area (Å²) in [4.78, 5) is 74.5. The number of carbonyl (C=O) groups is 5. The van der Waals surface area contributed by atoms with Crippen LogP contribution in [-0.4, -0.2) is 47.9 Å². The number of Topliss-reactive ketones (excluding diaryl/α,β-unsaturated/α-hetero) is 1. The Balaban J connectivity index is 0.00000696. The van der Waals surface area contributed by atoms with Crippen LogP contribution < -0.4 is 27.3 Å². The number of benzene rings is 4. The van der Waals surface area contributed by atoms with E-state index in [9.17, 15) is 34.1 Å². The number of ether oxygens (including phenoxy) is 3. The van der Waals surface area contributed by atoms with Crippen molar-refractivity contribution >= 4 is 41.2 Å². The second-order valence-electron chi connectivity index (χ2n) is 13.5. The van der Waals surface area contributed by atoms with Gasteiger partial charge in [-0.3, -0.25) is 24.5 Å². The Morgan fingerprint density at radius 1 is 0.839 bits per heavy atom. The molecule has 0 saturated heterocycles. The number of fused-ring (bicyclic) bond motifs is 3. The molecule has 0 aliphatic heterocycles. The van der Waals surface area contributed by atoms with Crippen LogP contribution in [-0.2, 0) is 30.5 Å². The number of hydrogen-bond acceptors (Lipinski definition) is 11. The summed E-state index contributed by atoms with van der Waals surface area (Å²) in [5, 5.41) is 16.1. The Labute approximate surface area is 323 Å². The number of esters is 1. The van der Waals surface area contributed by atoms with Gasteiger partial charge >= 0.3 is 18.2 Å². The molecule has 56 heavy (non-hydrogen) atoms. The molecular formula is C41H45N5O10. The highest BCUT2D eigenvalue weighted by Gasteiger charge is 2.36. The van der Waals surface area contributed by atoms with Crippen LogP contribution in [0.5, 0.6) is 5.75 Å². The number of non-ortho nitro benzene ring substituents is 1. The maximum atomic E-state index is 13.8. The van der Waals surface area contributed by atoms with Gasteiger partial charge in [0.1, 0.15) is 30.7 Å². The number of hydrogen-bond donors (Lipinski definition) is 4. The van der Waals surface area contributed by atoms with Gasteiger partial charge in [0.25, 0.3) is 5.69 Å². The van der Waals surface area contributed by atoms with Crippen molar-refractivity contribution in [2.75, 3.05) is 18.5 Å². The number of nitrogens with zero attached hydrogens (tertiary/aromatic N) is 1. The number of nitro benzene ring substituents is 1. The van der Waals surface area contributed by atoms with Crippen LogP contribution >= 0.6 is 0 Å². The quantitative estimate of drug-likeness (QED) is 0.0212. The maximum absolute atomic E-state index is 13.8. The predicted octanol–water partition coefficient (Wildman–Crippen LogP) is 7.06. The van der Waals surface area contributed by atoms with Crippen molar-refractivity contribution in [3.05, 3.63) is 124 Å². The van der Waals surface area contributed by atoms with Gasteiger partial charge in [0, 0.05) is 42.6 Å². The van der Waals surface area contributed by atoms with Crippen LogP contribution in [0.4, 0.5) is 21.0 Å². The summed E-state index contributed by atoms with van der Waals surface area (Å²) >= 11 is 0. The third-order valence-electron chi connectivity index (χ3n) is 9.30. The highest BCUT2D eigenvalue weighted by molar-refractivity contribution is 6.02. The van der Waals surface area contributed by atoms with Crippen molar-refractivity contribution in [1.29, 1.82) is 0 Å². The molecule has 1 aliphatic rings. The molecule has 4 aromatic rings. The molecule has 1 aliphatic carbocycles. The first-order chi connectivity index (χ1) is 26.4. The van der Waals surface area contributed by atoms with Crippen molar-refractivity contribution in [2.45, 2.75) is 45.6 Å². The van der Waals surface area contributed by atoms with Crippen molar-refractivity contribution in [1.82, 2.24) is 11.5 Å². The minimum atomic E-state index is -1.10. The van der Waals surface area contributed by atoms with Gasteiger partial charge in [0.15, 0.2) is 0 Å². The molecule has 4 aromatic carbocycles. The van der Waals surface area contributed by atoms with E-state index in [1.165, 1.54) is 24.3 Å². The summed E-state index contributed by atoms with van der Waals surface area (Å²) in [6.45, 7) is 3.62. The lowest BCUT2D eigenvalue weighted by atomic mass is 9.85. The standard InChI is InChI=1S/C41H42N4O10.H3N/c1-25(2)37(39(48)53-24-35-33-11-5-3-9-31(33)32-10-4-6-12-34(32)35)36(46)22-27(8-7-21-43-40(42)49)38(47)44-28-15-13-26(14-16-28)23-54-41(50)55-30-19-17-29(18-20-30)45(51)52;/h3-6,9-20,25,27,35,37H,7-8,21-24H2,1-2H3,(H,44,47)(H3,42,43,49);1H3/t27-,37+;/m1./s1. The Morgan fingerprint density at radius 3 is 2.02 bits per heavy atom. The van der Waals surface area contributed by atoms with E-state index in [-0.39, 0.29) is 56.1 Å². The topological polar surface area (TPSA) is 241 Å². The Bertz CT molecular complexity index is 1990. The van der Waals surface area contributed by atoms with E-state index in [1.54, 1.807) is 38.1 Å². The van der Waals surface area contributed by atoms with E-state index in [4.69, 9.17) is 19.9 Å². The van der Waals surface area contributed by atoms with Crippen LogP contribution in [0.2, 0.25) is 0 Å². The molecule has 2 atom stereocenters. The number of nitrogens with one attached hydrogen (secondary N) is 2. The molecule has 0 heterocycles. The van der Waals surface area contributed by atoms with Crippen LogP contribution in [0.3, 0.4) is 0 Å². The van der Waals surface area contributed by atoms with Gasteiger partial charge < -0.3 is 36.7 Å². The average Bonchev–Trinajstić information content (AvgIpc) is 3.48. The summed E-state index contributed by atoms with van der Waals surface area (Å²) in [7, 11) is 0. The lowest BCUT2D eigenvalue weighted by Gasteiger charge is -2.23. The van der Waals surface area contributed by atoms with E-state index in [0.717, 1.165) is 22.3 Å². The van der Waals surface area contributed by atoms with E-state index in [0.29, 0.717) is 17.7 Å². The zero-order valence-corrected chi connectivity index (χ0v) is 31.1. The molecule has 0 unspecified atom stereocenters. The number of ketones is 1. The van der Waals surface area contributed by atoms with Crippen molar-refractivity contribution < 1.29 is 43.1 Å². The second-order valence-corrected chi connectivity index (χ2v) is 13.5. The zero-order chi connectivity index (χ0) is 39.5. The van der Waals surface area contributed by atoms with Crippen LogP contribution in [0.25, 0.3) is 11.1 Å². The van der Waals surface area contributed by atoms with Crippen LogP contribution in [0.15, 0.2) is 97.1 Å². The molecule has 0 aromatic heterocycles. The first-order valence-corrected chi connectivity index (χ1v) is 17.8. The fourth-order valence-corrected chi connectivity index (χ4v) is 6.56. The molecule has 294 valence electrons. The molecule has 5 rings (SSSR count). The number of primary amides is 1. The van der Waals surface area contributed by atoms with E-state index < -0.39 is 52.5 Å². The summed E-state index contributed by atoms with van der Waals surface area (Å²) in [5.74, 6) is -3.98. The lowest BCUT2D eigenvalue weighted by molar-refractivity contribution is -0.384.